The molecule has 4 heterocycles. The molecular formula is C17H17BrN6O2. The van der Waals surface area contributed by atoms with Crippen LogP contribution in [0, 0.1) is 0 Å². The third-order valence-corrected chi connectivity index (χ3v) is 4.79. The topological polar surface area (TPSA) is 84.5 Å². The van der Waals surface area contributed by atoms with E-state index in [9.17, 15) is 9.59 Å². The zero-order valence-electron chi connectivity index (χ0n) is 14.1. The predicted molar refractivity (Wildman–Crippen MR) is 97.9 cm³/mol. The lowest BCUT2D eigenvalue weighted by atomic mass is 10.2. The lowest BCUT2D eigenvalue weighted by molar-refractivity contribution is 0.0703. The van der Waals surface area contributed by atoms with Crippen molar-refractivity contribution < 1.29 is 9.59 Å². The summed E-state index contributed by atoms with van der Waals surface area (Å²) in [5.41, 5.74) is 2.56. The molecule has 0 saturated carbocycles. The van der Waals surface area contributed by atoms with Gasteiger partial charge in [0.05, 0.1) is 11.0 Å². The van der Waals surface area contributed by atoms with Crippen LogP contribution >= 0.6 is 15.9 Å². The molecule has 9 heteroatoms. The summed E-state index contributed by atoms with van der Waals surface area (Å²) in [6.45, 7) is 4.03. The summed E-state index contributed by atoms with van der Waals surface area (Å²) in [5.74, 6) is -0.228. The van der Waals surface area contributed by atoms with Gasteiger partial charge in [0.1, 0.15) is 5.69 Å². The maximum atomic E-state index is 12.8. The Hall–Kier alpha value is -2.68. The Bertz CT molecular complexity index is 1010. The number of fused-ring (bicyclic) bond motifs is 2. The van der Waals surface area contributed by atoms with Gasteiger partial charge < -0.3 is 14.8 Å². The second-order valence-electron chi connectivity index (χ2n) is 6.05. The maximum absolute atomic E-state index is 12.8. The number of hydrogen-bond acceptors (Lipinski definition) is 4. The Morgan fingerprint density at radius 3 is 2.96 bits per heavy atom. The van der Waals surface area contributed by atoms with Crippen molar-refractivity contribution in [3.8, 4) is 0 Å². The maximum Gasteiger partial charge on any atom is 0.274 e. The fourth-order valence-corrected chi connectivity index (χ4v) is 3.45. The minimum absolute atomic E-state index is 0.0875. The second-order valence-corrected chi connectivity index (χ2v) is 6.97. The minimum Gasteiger partial charge on any atom is -0.351 e. The van der Waals surface area contributed by atoms with E-state index in [1.807, 2.05) is 17.6 Å². The van der Waals surface area contributed by atoms with Gasteiger partial charge in [-0.1, -0.05) is 0 Å². The Labute approximate surface area is 157 Å². The van der Waals surface area contributed by atoms with Crippen molar-refractivity contribution >= 4 is 33.4 Å². The number of rotatable bonds is 3. The third kappa shape index (κ3) is 2.88. The van der Waals surface area contributed by atoms with Crippen LogP contribution in [0.4, 0.5) is 0 Å². The molecule has 0 spiro atoms. The molecule has 0 aliphatic carbocycles. The number of hydrogen-bond donors (Lipinski definition) is 1. The highest BCUT2D eigenvalue weighted by Crippen LogP contribution is 2.19. The first-order chi connectivity index (χ1) is 12.6. The first kappa shape index (κ1) is 16.8. The number of aromatic nitrogens is 4. The monoisotopic (exact) mass is 416 g/mol. The molecule has 0 fully saturated rings. The molecule has 1 N–H and O–H groups in total. The summed E-state index contributed by atoms with van der Waals surface area (Å²) in [6.07, 6.45) is 3.43. The van der Waals surface area contributed by atoms with Gasteiger partial charge in [0, 0.05) is 43.8 Å². The van der Waals surface area contributed by atoms with Crippen molar-refractivity contribution in [1.82, 2.24) is 29.4 Å². The van der Waals surface area contributed by atoms with E-state index in [0.717, 1.165) is 10.2 Å². The highest BCUT2D eigenvalue weighted by atomic mass is 79.9. The van der Waals surface area contributed by atoms with Crippen LogP contribution in [-0.2, 0) is 13.1 Å². The normalized spacial score (nSPS) is 13.7. The van der Waals surface area contributed by atoms with Crippen LogP contribution < -0.4 is 5.32 Å². The van der Waals surface area contributed by atoms with E-state index in [2.05, 4.69) is 31.3 Å². The lowest BCUT2D eigenvalue weighted by Crippen LogP contribution is -2.39. The molecule has 3 aromatic rings. The summed E-state index contributed by atoms with van der Waals surface area (Å²) in [5, 5.41) is 7.14. The summed E-state index contributed by atoms with van der Waals surface area (Å²) >= 11 is 3.34. The Morgan fingerprint density at radius 1 is 1.31 bits per heavy atom. The van der Waals surface area contributed by atoms with Crippen LogP contribution in [-0.4, -0.2) is 49.0 Å². The quantitative estimate of drug-likeness (QED) is 0.703. The molecule has 8 nitrogen and oxygen atoms in total. The molecule has 0 atom stereocenters. The smallest absolute Gasteiger partial charge is 0.274 e. The van der Waals surface area contributed by atoms with Crippen molar-refractivity contribution in [2.24, 2.45) is 0 Å². The van der Waals surface area contributed by atoms with Crippen LogP contribution in [0.1, 0.15) is 33.6 Å². The molecule has 134 valence electrons. The first-order valence-electron chi connectivity index (χ1n) is 8.33. The van der Waals surface area contributed by atoms with Crippen LogP contribution in [0.25, 0.3) is 5.65 Å². The largest absolute Gasteiger partial charge is 0.351 e. The molecule has 0 aromatic carbocycles. The van der Waals surface area contributed by atoms with Gasteiger partial charge >= 0.3 is 0 Å². The standard InChI is InChI=1S/C17H17BrN6O2/c1-2-19-16(25)14-4-3-12-10-22(5-6-23(12)14)17(26)13-7-15-20-8-11(18)9-24(15)21-13/h3-4,7-9H,2,5-6,10H2,1H3,(H,19,25). The summed E-state index contributed by atoms with van der Waals surface area (Å²) in [7, 11) is 0. The van der Waals surface area contributed by atoms with Crippen LogP contribution in [0.15, 0.2) is 35.1 Å². The van der Waals surface area contributed by atoms with Crippen molar-refractivity contribution in [2.75, 3.05) is 13.1 Å². The van der Waals surface area contributed by atoms with E-state index in [4.69, 9.17) is 0 Å². The number of halogens is 1. The molecule has 3 aromatic heterocycles. The highest BCUT2D eigenvalue weighted by molar-refractivity contribution is 9.10. The number of carbonyl (C=O) groups excluding carboxylic acids is 2. The van der Waals surface area contributed by atoms with E-state index in [0.29, 0.717) is 43.2 Å². The number of nitrogens with one attached hydrogen (secondary N) is 1. The Morgan fingerprint density at radius 2 is 2.15 bits per heavy atom. The van der Waals surface area contributed by atoms with Gasteiger partial charge in [0.15, 0.2) is 11.3 Å². The van der Waals surface area contributed by atoms with Gasteiger partial charge in [-0.15, -0.1) is 0 Å². The van der Waals surface area contributed by atoms with Crippen molar-refractivity contribution in [3.05, 3.63) is 52.1 Å². The highest BCUT2D eigenvalue weighted by Gasteiger charge is 2.26. The molecule has 1 aliphatic rings. The number of nitrogens with zero attached hydrogens (tertiary/aromatic N) is 5. The molecule has 26 heavy (non-hydrogen) atoms. The first-order valence-corrected chi connectivity index (χ1v) is 9.13. The van der Waals surface area contributed by atoms with Gasteiger partial charge in [-0.3, -0.25) is 9.59 Å². The molecule has 1 aliphatic heterocycles. The molecule has 0 unspecified atom stereocenters. The van der Waals surface area contributed by atoms with Gasteiger partial charge in [-0.2, -0.15) is 5.10 Å². The number of amides is 2. The molecule has 2 amide bonds. The Balaban J connectivity index is 1.56. The minimum atomic E-state index is -0.140. The van der Waals surface area contributed by atoms with Crippen LogP contribution in [0.5, 0.6) is 0 Å². The molecule has 0 radical (unpaired) electrons. The van der Waals surface area contributed by atoms with E-state index >= 15 is 0 Å². The SMILES string of the molecule is CCNC(=O)c1ccc2n1CCN(C(=O)c1cc3ncc(Br)cn3n1)C2. The average molecular weight is 417 g/mol. The Kier molecular flexibility index (Phi) is 4.23. The van der Waals surface area contributed by atoms with Crippen molar-refractivity contribution in [1.29, 1.82) is 0 Å². The van der Waals surface area contributed by atoms with E-state index in [1.165, 1.54) is 0 Å². The average Bonchev–Trinajstić information content (AvgIpc) is 3.24. The van der Waals surface area contributed by atoms with Crippen molar-refractivity contribution in [2.45, 2.75) is 20.0 Å². The predicted octanol–water partition coefficient (Wildman–Crippen LogP) is 1.70. The van der Waals surface area contributed by atoms with E-state index in [1.54, 1.807) is 33.9 Å². The van der Waals surface area contributed by atoms with E-state index in [-0.39, 0.29) is 11.8 Å². The second kappa shape index (κ2) is 6.56. The van der Waals surface area contributed by atoms with Gasteiger partial charge in [-0.05, 0) is 35.0 Å². The van der Waals surface area contributed by atoms with Gasteiger partial charge in [-0.25, -0.2) is 9.50 Å². The third-order valence-electron chi connectivity index (χ3n) is 4.38. The summed E-state index contributed by atoms with van der Waals surface area (Å²) < 4.78 is 4.34. The van der Waals surface area contributed by atoms with Crippen LogP contribution in [0.2, 0.25) is 0 Å². The zero-order valence-corrected chi connectivity index (χ0v) is 15.7. The molecule has 0 bridgehead atoms. The molecule has 0 saturated heterocycles. The molecular weight excluding hydrogens is 400 g/mol. The zero-order chi connectivity index (χ0) is 18.3. The fourth-order valence-electron chi connectivity index (χ4n) is 3.15. The van der Waals surface area contributed by atoms with Crippen LogP contribution in [0.3, 0.4) is 0 Å². The van der Waals surface area contributed by atoms with Crippen molar-refractivity contribution in [3.63, 3.8) is 0 Å². The lowest BCUT2D eigenvalue weighted by Gasteiger charge is -2.29. The molecule has 4 rings (SSSR count). The number of carbonyl (C=O) groups is 2. The van der Waals surface area contributed by atoms with E-state index < -0.39 is 0 Å². The van der Waals surface area contributed by atoms with Gasteiger partial charge in [0.25, 0.3) is 11.8 Å². The summed E-state index contributed by atoms with van der Waals surface area (Å²) in [4.78, 5) is 30.9. The fraction of sp³-hybridized carbons (Fsp3) is 0.294. The van der Waals surface area contributed by atoms with Gasteiger partial charge in [0.2, 0.25) is 0 Å². The summed E-state index contributed by atoms with van der Waals surface area (Å²) in [6, 6.07) is 5.38.